The smallest absolute Gasteiger partial charge is 0.263 e. The van der Waals surface area contributed by atoms with Gasteiger partial charge in [0.1, 0.15) is 5.56 Å². The fraction of sp³-hybridized carbons (Fsp3) is 0.429. The number of carbonyl (C=O) groups excluding carboxylic acids is 1. The number of aromatic nitrogens is 1. The van der Waals surface area contributed by atoms with Gasteiger partial charge in [-0.2, -0.15) is 0 Å². The Bertz CT molecular complexity index is 824. The molecule has 1 fully saturated rings. The maximum Gasteiger partial charge on any atom is 0.263 e. The summed E-state index contributed by atoms with van der Waals surface area (Å²) in [6, 6.07) is 11.9. The van der Waals surface area contributed by atoms with Crippen molar-refractivity contribution >= 4 is 5.91 Å². The summed E-state index contributed by atoms with van der Waals surface area (Å²) in [4.78, 5) is 29.4. The number of pyridine rings is 1. The van der Waals surface area contributed by atoms with Gasteiger partial charge in [-0.1, -0.05) is 24.3 Å². The third-order valence-electron chi connectivity index (χ3n) is 4.98. The van der Waals surface area contributed by atoms with E-state index in [1.165, 1.54) is 10.1 Å². The zero-order valence-corrected chi connectivity index (χ0v) is 15.8. The molecule has 1 aromatic carbocycles. The summed E-state index contributed by atoms with van der Waals surface area (Å²) in [5.41, 5.74) is 2.42. The molecule has 1 aliphatic rings. The average Bonchev–Trinajstić information content (AvgIpc) is 2.64. The SMILES string of the molecule is CN(C)Cc1ccc([C@H]2CCCCN2C(=O)c2cccn(C)c2=O)cc1. The second-order valence-electron chi connectivity index (χ2n) is 7.33. The monoisotopic (exact) mass is 353 g/mol. The van der Waals surface area contributed by atoms with Gasteiger partial charge in [-0.3, -0.25) is 9.59 Å². The maximum atomic E-state index is 13.1. The highest BCUT2D eigenvalue weighted by Gasteiger charge is 2.30. The van der Waals surface area contributed by atoms with E-state index < -0.39 is 0 Å². The van der Waals surface area contributed by atoms with E-state index in [1.807, 2.05) is 4.90 Å². The Labute approximate surface area is 154 Å². The van der Waals surface area contributed by atoms with Crippen LogP contribution in [0.3, 0.4) is 0 Å². The van der Waals surface area contributed by atoms with Crippen LogP contribution in [0.4, 0.5) is 0 Å². The lowest BCUT2D eigenvalue weighted by molar-refractivity contribution is 0.0609. The number of amides is 1. The molecule has 0 saturated carbocycles. The Morgan fingerprint density at radius 1 is 1.15 bits per heavy atom. The number of nitrogens with zero attached hydrogens (tertiary/aromatic N) is 3. The molecule has 0 N–H and O–H groups in total. The van der Waals surface area contributed by atoms with Crippen molar-refractivity contribution in [1.82, 2.24) is 14.4 Å². The topological polar surface area (TPSA) is 45.5 Å². The zero-order chi connectivity index (χ0) is 18.7. The van der Waals surface area contributed by atoms with E-state index in [4.69, 9.17) is 0 Å². The molecule has 0 bridgehead atoms. The predicted octanol–water partition coefficient (Wildman–Crippen LogP) is 2.81. The molecule has 0 unspecified atom stereocenters. The largest absolute Gasteiger partial charge is 0.331 e. The van der Waals surface area contributed by atoms with E-state index >= 15 is 0 Å². The lowest BCUT2D eigenvalue weighted by Gasteiger charge is -2.36. The molecule has 5 nitrogen and oxygen atoms in total. The summed E-state index contributed by atoms with van der Waals surface area (Å²) in [6.07, 6.45) is 4.69. The van der Waals surface area contributed by atoms with Gasteiger partial charge in [0, 0.05) is 26.3 Å². The highest BCUT2D eigenvalue weighted by atomic mass is 16.2. The molecule has 1 saturated heterocycles. The first-order valence-electron chi connectivity index (χ1n) is 9.17. The molecule has 1 aromatic heterocycles. The first-order valence-corrected chi connectivity index (χ1v) is 9.17. The number of aryl methyl sites for hydroxylation is 1. The molecule has 1 aliphatic heterocycles. The fourth-order valence-electron chi connectivity index (χ4n) is 3.65. The van der Waals surface area contributed by atoms with Crippen molar-refractivity contribution < 1.29 is 4.79 Å². The van der Waals surface area contributed by atoms with Gasteiger partial charge in [-0.15, -0.1) is 0 Å². The molecule has 0 aliphatic carbocycles. The quantitative estimate of drug-likeness (QED) is 0.849. The molecule has 0 spiro atoms. The fourth-order valence-corrected chi connectivity index (χ4v) is 3.65. The number of likely N-dealkylation sites (tertiary alicyclic amines) is 1. The van der Waals surface area contributed by atoms with Crippen LogP contribution in [0.25, 0.3) is 0 Å². The van der Waals surface area contributed by atoms with Crippen molar-refractivity contribution in [2.45, 2.75) is 31.8 Å². The predicted molar refractivity (Wildman–Crippen MR) is 103 cm³/mol. The number of rotatable bonds is 4. The van der Waals surface area contributed by atoms with Crippen LogP contribution in [-0.4, -0.2) is 40.9 Å². The Kier molecular flexibility index (Phi) is 5.57. The molecule has 138 valence electrons. The highest BCUT2D eigenvalue weighted by Crippen LogP contribution is 2.32. The summed E-state index contributed by atoms with van der Waals surface area (Å²) in [7, 11) is 5.78. The Morgan fingerprint density at radius 3 is 2.58 bits per heavy atom. The molecule has 2 heterocycles. The second-order valence-corrected chi connectivity index (χ2v) is 7.33. The van der Waals surface area contributed by atoms with Crippen molar-refractivity contribution in [3.63, 3.8) is 0 Å². The Hall–Kier alpha value is -2.40. The van der Waals surface area contributed by atoms with Gasteiger partial charge >= 0.3 is 0 Å². The number of piperidine rings is 1. The van der Waals surface area contributed by atoms with Crippen LogP contribution in [0, 0.1) is 0 Å². The summed E-state index contributed by atoms with van der Waals surface area (Å²) in [5, 5.41) is 0. The minimum Gasteiger partial charge on any atom is -0.331 e. The van der Waals surface area contributed by atoms with Crippen LogP contribution in [-0.2, 0) is 13.6 Å². The molecule has 5 heteroatoms. The van der Waals surface area contributed by atoms with Crippen molar-refractivity contribution in [3.8, 4) is 0 Å². The van der Waals surface area contributed by atoms with Gasteiger partial charge in [-0.25, -0.2) is 0 Å². The van der Waals surface area contributed by atoms with E-state index in [2.05, 4.69) is 43.3 Å². The molecule has 1 amide bonds. The Morgan fingerprint density at radius 2 is 1.88 bits per heavy atom. The summed E-state index contributed by atoms with van der Waals surface area (Å²) in [5.74, 6) is -0.159. The first kappa shape index (κ1) is 18.4. The number of hydrogen-bond acceptors (Lipinski definition) is 3. The van der Waals surface area contributed by atoms with Crippen LogP contribution in [0.1, 0.15) is 46.8 Å². The minimum atomic E-state index is -0.233. The lowest BCUT2D eigenvalue weighted by atomic mass is 9.94. The molecular formula is C21H27N3O2. The normalized spacial score (nSPS) is 17.5. The lowest BCUT2D eigenvalue weighted by Crippen LogP contribution is -2.41. The van der Waals surface area contributed by atoms with E-state index in [1.54, 1.807) is 25.4 Å². The van der Waals surface area contributed by atoms with Crippen LogP contribution in [0.2, 0.25) is 0 Å². The molecule has 1 atom stereocenters. The third-order valence-corrected chi connectivity index (χ3v) is 4.98. The third kappa shape index (κ3) is 3.88. The van der Waals surface area contributed by atoms with Crippen LogP contribution in [0.15, 0.2) is 47.4 Å². The Balaban J connectivity index is 1.87. The maximum absolute atomic E-state index is 13.1. The van der Waals surface area contributed by atoms with E-state index in [9.17, 15) is 9.59 Å². The van der Waals surface area contributed by atoms with Crippen molar-refractivity contribution in [2.75, 3.05) is 20.6 Å². The van der Waals surface area contributed by atoms with Crippen molar-refractivity contribution in [1.29, 1.82) is 0 Å². The van der Waals surface area contributed by atoms with Crippen molar-refractivity contribution in [3.05, 3.63) is 69.6 Å². The van der Waals surface area contributed by atoms with Gasteiger partial charge in [0.15, 0.2) is 0 Å². The molecule has 26 heavy (non-hydrogen) atoms. The number of hydrogen-bond donors (Lipinski definition) is 0. The van der Waals surface area contributed by atoms with Gasteiger partial charge in [0.25, 0.3) is 11.5 Å². The minimum absolute atomic E-state index is 0.0366. The van der Waals surface area contributed by atoms with Crippen LogP contribution >= 0.6 is 0 Å². The van der Waals surface area contributed by atoms with Crippen molar-refractivity contribution in [2.24, 2.45) is 7.05 Å². The number of carbonyl (C=O) groups is 1. The standard InChI is InChI=1S/C21H27N3O2/c1-22(2)15-16-9-11-17(12-10-16)19-8-4-5-14-24(19)21(26)18-7-6-13-23(3)20(18)25/h6-7,9-13,19H,4-5,8,14-15H2,1-3H3/t19-/m1/s1. The van der Waals surface area contributed by atoms with Crippen LogP contribution in [0.5, 0.6) is 0 Å². The number of benzene rings is 1. The summed E-state index contributed by atoms with van der Waals surface area (Å²) >= 11 is 0. The van der Waals surface area contributed by atoms with E-state index in [0.29, 0.717) is 6.54 Å². The van der Waals surface area contributed by atoms with Gasteiger partial charge in [0.05, 0.1) is 6.04 Å². The first-order chi connectivity index (χ1) is 12.5. The van der Waals surface area contributed by atoms with Gasteiger partial charge in [-0.05, 0) is 56.6 Å². The second kappa shape index (κ2) is 7.87. The van der Waals surface area contributed by atoms with E-state index in [0.717, 1.165) is 31.4 Å². The van der Waals surface area contributed by atoms with Gasteiger partial charge < -0.3 is 14.4 Å². The zero-order valence-electron chi connectivity index (χ0n) is 15.8. The molecule has 0 radical (unpaired) electrons. The molecule has 2 aromatic rings. The average molecular weight is 353 g/mol. The van der Waals surface area contributed by atoms with Gasteiger partial charge in [0.2, 0.25) is 0 Å². The molecular weight excluding hydrogens is 326 g/mol. The molecule has 3 rings (SSSR count). The summed E-state index contributed by atoms with van der Waals surface area (Å²) < 4.78 is 1.46. The highest BCUT2D eigenvalue weighted by molar-refractivity contribution is 5.94. The summed E-state index contributed by atoms with van der Waals surface area (Å²) in [6.45, 7) is 1.59. The van der Waals surface area contributed by atoms with E-state index in [-0.39, 0.29) is 23.1 Å². The van der Waals surface area contributed by atoms with Crippen LogP contribution < -0.4 is 5.56 Å².